The molecular weight excluding hydrogens is 210 g/mol. The Labute approximate surface area is 91.7 Å². The lowest BCUT2D eigenvalue weighted by atomic mass is 9.99. The third-order valence-electron chi connectivity index (χ3n) is 2.44. The number of carbonyl (C=O) groups excluding carboxylic acids is 1. The van der Waals surface area contributed by atoms with Crippen molar-refractivity contribution < 1.29 is 14.7 Å². The van der Waals surface area contributed by atoms with E-state index in [2.05, 4.69) is 15.6 Å². The molecule has 2 heterocycles. The van der Waals surface area contributed by atoms with E-state index < -0.39 is 18.1 Å². The molecule has 16 heavy (non-hydrogen) atoms. The van der Waals surface area contributed by atoms with E-state index in [0.29, 0.717) is 5.56 Å². The molecule has 6 nitrogen and oxygen atoms in total. The van der Waals surface area contributed by atoms with Crippen molar-refractivity contribution in [3.63, 3.8) is 0 Å². The third-order valence-corrected chi connectivity index (χ3v) is 2.44. The van der Waals surface area contributed by atoms with Gasteiger partial charge in [-0.1, -0.05) is 6.07 Å². The Morgan fingerprint density at radius 1 is 1.56 bits per heavy atom. The Morgan fingerprint density at radius 3 is 3.00 bits per heavy atom. The Hall–Kier alpha value is -1.95. The van der Waals surface area contributed by atoms with Gasteiger partial charge in [-0.05, 0) is 11.6 Å². The van der Waals surface area contributed by atoms with Crippen molar-refractivity contribution in [2.45, 2.75) is 12.1 Å². The number of aromatic nitrogens is 1. The second-order valence-electron chi connectivity index (χ2n) is 3.53. The fraction of sp³-hybridized carbons (Fsp3) is 0.300. The first-order valence-electron chi connectivity index (χ1n) is 4.84. The van der Waals surface area contributed by atoms with Gasteiger partial charge in [0.15, 0.2) is 0 Å². The molecule has 1 fully saturated rings. The van der Waals surface area contributed by atoms with Crippen molar-refractivity contribution in [1.29, 1.82) is 0 Å². The van der Waals surface area contributed by atoms with E-state index in [1.807, 2.05) is 0 Å². The molecule has 0 unspecified atom stereocenters. The number of nitrogens with zero attached hydrogens (tertiary/aromatic N) is 1. The molecular formula is C10H11N3O3. The summed E-state index contributed by atoms with van der Waals surface area (Å²) < 4.78 is 0. The van der Waals surface area contributed by atoms with Crippen LogP contribution in [0.15, 0.2) is 24.5 Å². The van der Waals surface area contributed by atoms with Gasteiger partial charge in [0.05, 0.1) is 12.6 Å². The lowest BCUT2D eigenvalue weighted by Crippen LogP contribution is -2.57. The highest BCUT2D eigenvalue weighted by Crippen LogP contribution is 2.18. The summed E-state index contributed by atoms with van der Waals surface area (Å²) in [5.74, 6) is -1.21. The van der Waals surface area contributed by atoms with E-state index >= 15 is 0 Å². The number of pyridine rings is 1. The number of nitrogens with one attached hydrogen (secondary N) is 2. The summed E-state index contributed by atoms with van der Waals surface area (Å²) in [7, 11) is 0. The van der Waals surface area contributed by atoms with Crippen molar-refractivity contribution in [1.82, 2.24) is 15.6 Å². The minimum Gasteiger partial charge on any atom is -0.480 e. The number of amides is 1. The van der Waals surface area contributed by atoms with Gasteiger partial charge in [-0.3, -0.25) is 19.9 Å². The zero-order valence-corrected chi connectivity index (χ0v) is 8.38. The molecule has 2 atom stereocenters. The van der Waals surface area contributed by atoms with Crippen LogP contribution in [0.1, 0.15) is 11.6 Å². The first kappa shape index (κ1) is 10.6. The van der Waals surface area contributed by atoms with E-state index in [0.717, 1.165) is 0 Å². The lowest BCUT2D eigenvalue weighted by Gasteiger charge is -2.30. The molecule has 1 amide bonds. The zero-order valence-electron chi connectivity index (χ0n) is 8.38. The second-order valence-corrected chi connectivity index (χ2v) is 3.53. The van der Waals surface area contributed by atoms with Crippen LogP contribution in [0.3, 0.4) is 0 Å². The van der Waals surface area contributed by atoms with Crippen LogP contribution in [0.2, 0.25) is 0 Å². The van der Waals surface area contributed by atoms with Gasteiger partial charge in [-0.25, -0.2) is 0 Å². The van der Waals surface area contributed by atoms with Gasteiger partial charge in [0.25, 0.3) is 0 Å². The van der Waals surface area contributed by atoms with Crippen LogP contribution >= 0.6 is 0 Å². The average molecular weight is 221 g/mol. The Balaban J connectivity index is 2.27. The van der Waals surface area contributed by atoms with Crippen molar-refractivity contribution in [3.8, 4) is 0 Å². The van der Waals surface area contributed by atoms with Crippen molar-refractivity contribution in [3.05, 3.63) is 30.1 Å². The normalized spacial score (nSPS) is 24.9. The Kier molecular flexibility index (Phi) is 2.82. The maximum atomic E-state index is 11.2. The fourth-order valence-corrected chi connectivity index (χ4v) is 1.69. The van der Waals surface area contributed by atoms with Gasteiger partial charge >= 0.3 is 5.97 Å². The lowest BCUT2D eigenvalue weighted by molar-refractivity contribution is -0.142. The smallest absolute Gasteiger partial charge is 0.323 e. The van der Waals surface area contributed by atoms with Gasteiger partial charge < -0.3 is 10.4 Å². The number of hydrogen-bond donors (Lipinski definition) is 3. The number of piperazine rings is 1. The van der Waals surface area contributed by atoms with Crippen LogP contribution < -0.4 is 10.6 Å². The molecule has 6 heteroatoms. The number of carboxylic acid groups (broad SMARTS) is 1. The summed E-state index contributed by atoms with van der Waals surface area (Å²) in [6.45, 7) is 0.0216. The molecule has 84 valence electrons. The summed E-state index contributed by atoms with van der Waals surface area (Å²) in [6.07, 6.45) is 3.14. The molecule has 3 N–H and O–H groups in total. The zero-order chi connectivity index (χ0) is 11.5. The van der Waals surface area contributed by atoms with E-state index in [-0.39, 0.29) is 12.5 Å². The van der Waals surface area contributed by atoms with Crippen LogP contribution in [-0.4, -0.2) is 34.6 Å². The molecule has 1 aromatic rings. The highest BCUT2D eigenvalue weighted by Gasteiger charge is 2.34. The molecule has 1 aliphatic heterocycles. The van der Waals surface area contributed by atoms with Crippen molar-refractivity contribution in [2.24, 2.45) is 0 Å². The molecule has 1 aromatic heterocycles. The number of carbonyl (C=O) groups is 2. The highest BCUT2D eigenvalue weighted by atomic mass is 16.4. The SMILES string of the molecule is O=C1CN[C@@H](C(=O)O)[C@H](c2cccnc2)N1. The molecule has 2 rings (SSSR count). The van der Waals surface area contributed by atoms with Gasteiger partial charge in [0.2, 0.25) is 5.91 Å². The minimum absolute atomic E-state index is 0.0216. The number of aliphatic carboxylic acids is 1. The van der Waals surface area contributed by atoms with Crippen LogP contribution in [0.5, 0.6) is 0 Å². The molecule has 1 saturated heterocycles. The first-order valence-corrected chi connectivity index (χ1v) is 4.84. The average Bonchev–Trinajstić information content (AvgIpc) is 2.29. The standard InChI is InChI=1S/C10H11N3O3/c14-7-5-12-9(10(15)16)8(13-7)6-2-1-3-11-4-6/h1-4,8-9,12H,5H2,(H,13,14)(H,15,16)/t8-,9+/m0/s1. The quantitative estimate of drug-likeness (QED) is 0.614. The molecule has 0 aliphatic carbocycles. The third kappa shape index (κ3) is 2.01. The molecule has 0 aromatic carbocycles. The predicted octanol–water partition coefficient (Wildman–Crippen LogP) is -0.705. The topological polar surface area (TPSA) is 91.3 Å². The maximum Gasteiger partial charge on any atom is 0.323 e. The summed E-state index contributed by atoms with van der Waals surface area (Å²) in [4.78, 5) is 26.1. The molecule has 0 bridgehead atoms. The van der Waals surface area contributed by atoms with E-state index in [4.69, 9.17) is 5.11 Å². The first-order chi connectivity index (χ1) is 7.68. The number of rotatable bonds is 2. The van der Waals surface area contributed by atoms with E-state index in [1.54, 1.807) is 24.5 Å². The van der Waals surface area contributed by atoms with Crippen molar-refractivity contribution in [2.75, 3.05) is 6.54 Å². The van der Waals surface area contributed by atoms with Gasteiger partial charge in [0, 0.05) is 12.4 Å². The number of carboxylic acids is 1. The van der Waals surface area contributed by atoms with Crippen LogP contribution in [0.4, 0.5) is 0 Å². The number of hydrogen-bond acceptors (Lipinski definition) is 4. The molecule has 0 saturated carbocycles. The second kappa shape index (κ2) is 4.28. The Morgan fingerprint density at radius 2 is 2.38 bits per heavy atom. The monoisotopic (exact) mass is 221 g/mol. The van der Waals surface area contributed by atoms with Crippen LogP contribution in [0.25, 0.3) is 0 Å². The summed E-state index contributed by atoms with van der Waals surface area (Å²) in [5.41, 5.74) is 0.676. The predicted molar refractivity (Wildman–Crippen MR) is 54.5 cm³/mol. The van der Waals surface area contributed by atoms with Crippen LogP contribution in [-0.2, 0) is 9.59 Å². The van der Waals surface area contributed by atoms with Crippen LogP contribution in [0, 0.1) is 0 Å². The summed E-state index contributed by atoms with van der Waals surface area (Å²) in [6, 6.07) is 2.05. The van der Waals surface area contributed by atoms with Gasteiger partial charge in [0.1, 0.15) is 6.04 Å². The van der Waals surface area contributed by atoms with Gasteiger partial charge in [-0.15, -0.1) is 0 Å². The molecule has 1 aliphatic rings. The summed E-state index contributed by atoms with van der Waals surface area (Å²) >= 11 is 0. The molecule has 0 radical (unpaired) electrons. The fourth-order valence-electron chi connectivity index (χ4n) is 1.69. The molecule has 0 spiro atoms. The Bertz CT molecular complexity index is 407. The van der Waals surface area contributed by atoms with E-state index in [1.165, 1.54) is 0 Å². The van der Waals surface area contributed by atoms with Crippen molar-refractivity contribution >= 4 is 11.9 Å². The maximum absolute atomic E-state index is 11.2. The highest BCUT2D eigenvalue weighted by molar-refractivity contribution is 5.84. The van der Waals surface area contributed by atoms with E-state index in [9.17, 15) is 9.59 Å². The largest absolute Gasteiger partial charge is 0.480 e. The van der Waals surface area contributed by atoms with Gasteiger partial charge in [-0.2, -0.15) is 0 Å². The minimum atomic E-state index is -0.992. The summed E-state index contributed by atoms with van der Waals surface area (Å²) in [5, 5.41) is 14.3.